The number of methoxy groups -OCH3 is 1. The molecule has 1 aromatic carbocycles. The lowest BCUT2D eigenvalue weighted by molar-refractivity contribution is 0.184. The van der Waals surface area contributed by atoms with Gasteiger partial charge in [-0.05, 0) is 32.3 Å². The Morgan fingerprint density at radius 1 is 1.32 bits per heavy atom. The highest BCUT2D eigenvalue weighted by Crippen LogP contribution is 2.03. The fourth-order valence-corrected chi connectivity index (χ4v) is 1.72. The zero-order valence-corrected chi connectivity index (χ0v) is 12.0. The van der Waals surface area contributed by atoms with Crippen molar-refractivity contribution in [2.75, 3.05) is 20.3 Å². The summed E-state index contributed by atoms with van der Waals surface area (Å²) in [5, 5.41) is 5.74. The van der Waals surface area contributed by atoms with Gasteiger partial charge in [0.15, 0.2) is 0 Å². The number of urea groups is 1. The quantitative estimate of drug-likeness (QED) is 0.793. The molecule has 0 heterocycles. The fraction of sp³-hybridized carbons (Fsp3) is 0.533. The number of carbonyl (C=O) groups excluding carboxylic acids is 1. The predicted molar refractivity (Wildman–Crippen MR) is 77.4 cm³/mol. The van der Waals surface area contributed by atoms with Gasteiger partial charge in [-0.2, -0.15) is 0 Å². The molecule has 1 rings (SSSR count). The summed E-state index contributed by atoms with van der Waals surface area (Å²) in [6.07, 6.45) is 1.67. The topological polar surface area (TPSA) is 50.4 Å². The van der Waals surface area contributed by atoms with Gasteiger partial charge in [-0.1, -0.05) is 29.8 Å². The van der Waals surface area contributed by atoms with E-state index in [9.17, 15) is 4.79 Å². The average Bonchev–Trinajstić information content (AvgIpc) is 2.38. The molecule has 1 atom stereocenters. The molecule has 0 fully saturated rings. The van der Waals surface area contributed by atoms with Crippen LogP contribution in [0, 0.1) is 6.92 Å². The van der Waals surface area contributed by atoms with Crippen LogP contribution in [0.5, 0.6) is 0 Å². The van der Waals surface area contributed by atoms with Crippen LogP contribution >= 0.6 is 0 Å². The molecule has 0 aliphatic heterocycles. The lowest BCUT2D eigenvalue weighted by atomic mass is 10.1. The summed E-state index contributed by atoms with van der Waals surface area (Å²) >= 11 is 0. The number of aryl methyl sites for hydroxylation is 1. The van der Waals surface area contributed by atoms with Crippen molar-refractivity contribution < 1.29 is 9.53 Å². The van der Waals surface area contributed by atoms with Crippen molar-refractivity contribution in [2.24, 2.45) is 0 Å². The number of carbonyl (C=O) groups is 1. The largest absolute Gasteiger partial charge is 0.385 e. The van der Waals surface area contributed by atoms with Crippen LogP contribution in [-0.4, -0.2) is 32.3 Å². The molecule has 0 aromatic heterocycles. The standard InChI is InChI=1S/C15H24N2O2/c1-12-4-6-14(7-5-12)8-10-16-15(18)17-13(2)9-11-19-3/h4-7,13H,8-11H2,1-3H3,(H2,16,17,18)/t13-/m1/s1. The zero-order chi connectivity index (χ0) is 14.1. The molecular formula is C15H24N2O2. The van der Waals surface area contributed by atoms with Gasteiger partial charge in [-0.3, -0.25) is 0 Å². The van der Waals surface area contributed by atoms with Gasteiger partial charge >= 0.3 is 6.03 Å². The summed E-state index contributed by atoms with van der Waals surface area (Å²) < 4.78 is 4.97. The minimum Gasteiger partial charge on any atom is -0.385 e. The smallest absolute Gasteiger partial charge is 0.315 e. The van der Waals surface area contributed by atoms with Crippen molar-refractivity contribution in [1.82, 2.24) is 10.6 Å². The first-order valence-corrected chi connectivity index (χ1v) is 6.70. The molecule has 0 radical (unpaired) electrons. The number of amides is 2. The summed E-state index contributed by atoms with van der Waals surface area (Å²) in [4.78, 5) is 11.6. The van der Waals surface area contributed by atoms with E-state index in [1.165, 1.54) is 11.1 Å². The highest BCUT2D eigenvalue weighted by Gasteiger charge is 2.05. The molecule has 4 nitrogen and oxygen atoms in total. The van der Waals surface area contributed by atoms with E-state index in [-0.39, 0.29) is 12.1 Å². The second kappa shape index (κ2) is 8.53. The van der Waals surface area contributed by atoms with Gasteiger partial charge in [-0.25, -0.2) is 4.79 Å². The van der Waals surface area contributed by atoms with Gasteiger partial charge in [0, 0.05) is 26.3 Å². The average molecular weight is 264 g/mol. The molecule has 1 aromatic rings. The van der Waals surface area contributed by atoms with Crippen LogP contribution in [-0.2, 0) is 11.2 Å². The molecule has 2 N–H and O–H groups in total. The second-order valence-corrected chi connectivity index (χ2v) is 4.82. The Morgan fingerprint density at radius 3 is 2.63 bits per heavy atom. The van der Waals surface area contributed by atoms with Gasteiger partial charge in [0.25, 0.3) is 0 Å². The maximum atomic E-state index is 11.6. The van der Waals surface area contributed by atoms with Crippen LogP contribution in [0.3, 0.4) is 0 Å². The van der Waals surface area contributed by atoms with Crippen LogP contribution < -0.4 is 10.6 Å². The normalized spacial score (nSPS) is 11.9. The van der Waals surface area contributed by atoms with E-state index in [1.807, 2.05) is 6.92 Å². The van der Waals surface area contributed by atoms with Gasteiger partial charge in [-0.15, -0.1) is 0 Å². The Morgan fingerprint density at radius 2 is 2.00 bits per heavy atom. The maximum absolute atomic E-state index is 11.6. The summed E-state index contributed by atoms with van der Waals surface area (Å²) in [5.41, 5.74) is 2.49. The summed E-state index contributed by atoms with van der Waals surface area (Å²) in [6.45, 7) is 5.34. The Balaban J connectivity index is 2.18. The van der Waals surface area contributed by atoms with Gasteiger partial charge < -0.3 is 15.4 Å². The lowest BCUT2D eigenvalue weighted by Gasteiger charge is -2.14. The second-order valence-electron chi connectivity index (χ2n) is 4.82. The molecule has 0 spiro atoms. The van der Waals surface area contributed by atoms with Crippen LogP contribution in [0.4, 0.5) is 4.79 Å². The van der Waals surface area contributed by atoms with Crippen LogP contribution in [0.1, 0.15) is 24.5 Å². The molecule has 0 saturated heterocycles. The highest BCUT2D eigenvalue weighted by molar-refractivity contribution is 5.74. The molecule has 0 unspecified atom stereocenters. The molecule has 0 saturated carbocycles. The fourth-order valence-electron chi connectivity index (χ4n) is 1.72. The monoisotopic (exact) mass is 264 g/mol. The van der Waals surface area contributed by atoms with E-state index in [2.05, 4.69) is 41.8 Å². The van der Waals surface area contributed by atoms with E-state index in [1.54, 1.807) is 7.11 Å². The third kappa shape index (κ3) is 6.82. The number of hydrogen-bond acceptors (Lipinski definition) is 2. The molecule has 0 bridgehead atoms. The van der Waals surface area contributed by atoms with Crippen LogP contribution in [0.25, 0.3) is 0 Å². The van der Waals surface area contributed by atoms with Crippen molar-refractivity contribution in [1.29, 1.82) is 0 Å². The zero-order valence-electron chi connectivity index (χ0n) is 12.0. The van der Waals surface area contributed by atoms with Crippen molar-refractivity contribution in [3.05, 3.63) is 35.4 Å². The first-order chi connectivity index (χ1) is 9.11. The minimum atomic E-state index is -0.115. The molecule has 0 aliphatic carbocycles. The van der Waals surface area contributed by atoms with E-state index in [4.69, 9.17) is 4.74 Å². The van der Waals surface area contributed by atoms with Gasteiger partial charge in [0.2, 0.25) is 0 Å². The van der Waals surface area contributed by atoms with Gasteiger partial charge in [0.05, 0.1) is 0 Å². The third-order valence-corrected chi connectivity index (χ3v) is 2.95. The summed E-state index contributed by atoms with van der Waals surface area (Å²) in [6, 6.07) is 8.37. The van der Waals surface area contributed by atoms with Crippen molar-refractivity contribution >= 4 is 6.03 Å². The van der Waals surface area contributed by atoms with Crippen molar-refractivity contribution in [3.8, 4) is 0 Å². The van der Waals surface area contributed by atoms with Crippen LogP contribution in [0.15, 0.2) is 24.3 Å². The molecular weight excluding hydrogens is 240 g/mol. The molecule has 2 amide bonds. The first kappa shape index (κ1) is 15.5. The predicted octanol–water partition coefficient (Wildman–Crippen LogP) is 2.26. The van der Waals surface area contributed by atoms with Crippen molar-refractivity contribution in [2.45, 2.75) is 32.7 Å². The number of nitrogens with one attached hydrogen (secondary N) is 2. The number of rotatable bonds is 7. The molecule has 4 heteroatoms. The van der Waals surface area contributed by atoms with E-state index in [0.717, 1.165) is 12.8 Å². The summed E-state index contributed by atoms with van der Waals surface area (Å²) in [5.74, 6) is 0. The van der Waals surface area contributed by atoms with E-state index in [0.29, 0.717) is 13.2 Å². The van der Waals surface area contributed by atoms with Crippen LogP contribution in [0.2, 0.25) is 0 Å². The Labute approximate surface area is 115 Å². The lowest BCUT2D eigenvalue weighted by Crippen LogP contribution is -2.41. The first-order valence-electron chi connectivity index (χ1n) is 6.70. The Bertz CT molecular complexity index is 376. The van der Waals surface area contributed by atoms with E-state index >= 15 is 0 Å². The number of ether oxygens (including phenoxy) is 1. The minimum absolute atomic E-state index is 0.115. The Kier molecular flexibility index (Phi) is 6.97. The van der Waals surface area contributed by atoms with Crippen molar-refractivity contribution in [3.63, 3.8) is 0 Å². The van der Waals surface area contributed by atoms with Gasteiger partial charge in [0.1, 0.15) is 0 Å². The number of benzene rings is 1. The molecule has 106 valence electrons. The molecule has 0 aliphatic rings. The SMILES string of the molecule is COCC[C@@H](C)NC(=O)NCCc1ccc(C)cc1. The highest BCUT2D eigenvalue weighted by atomic mass is 16.5. The van der Waals surface area contributed by atoms with E-state index < -0.39 is 0 Å². The third-order valence-electron chi connectivity index (χ3n) is 2.95. The maximum Gasteiger partial charge on any atom is 0.315 e. The molecule has 19 heavy (non-hydrogen) atoms. The Hall–Kier alpha value is -1.55. The number of hydrogen-bond donors (Lipinski definition) is 2. The summed E-state index contributed by atoms with van der Waals surface area (Å²) in [7, 11) is 1.66.